The van der Waals surface area contributed by atoms with E-state index >= 15 is 0 Å². The maximum absolute atomic E-state index is 13.2. The lowest BCUT2D eigenvalue weighted by Crippen LogP contribution is -2.29. The van der Waals surface area contributed by atoms with E-state index in [1.165, 1.54) is 23.5 Å². The van der Waals surface area contributed by atoms with Crippen molar-refractivity contribution in [3.63, 3.8) is 0 Å². The van der Waals surface area contributed by atoms with Gasteiger partial charge in [-0.05, 0) is 62.5 Å². The summed E-state index contributed by atoms with van der Waals surface area (Å²) in [6.45, 7) is 1.69. The van der Waals surface area contributed by atoms with Crippen LogP contribution < -0.4 is 0 Å². The van der Waals surface area contributed by atoms with E-state index in [9.17, 15) is 9.18 Å². The van der Waals surface area contributed by atoms with Crippen LogP contribution in [0.15, 0.2) is 48.5 Å². The Morgan fingerprint density at radius 2 is 1.77 bits per heavy atom. The molecular weight excluding hydrogens is 347 g/mol. The van der Waals surface area contributed by atoms with Crippen molar-refractivity contribution >= 4 is 27.3 Å². The Hall–Kier alpha value is -2.24. The van der Waals surface area contributed by atoms with Gasteiger partial charge in [-0.25, -0.2) is 4.39 Å². The average molecular weight is 370 g/mol. The van der Waals surface area contributed by atoms with Crippen molar-refractivity contribution in [3.8, 4) is 11.1 Å². The van der Waals surface area contributed by atoms with Crippen molar-refractivity contribution < 1.29 is 9.18 Å². The standard InChI is InChI=1S/C21H23FN2OS/c1-23(2)12-5-13-24(3)21(25)20-14-18-17(6-4-7-19(18)26-20)15-8-10-16(22)11-9-15/h4,6-11,14H,5,12-13H2,1-3H3. The summed E-state index contributed by atoms with van der Waals surface area (Å²) in [4.78, 5) is 17.4. The van der Waals surface area contributed by atoms with Crippen LogP contribution >= 0.6 is 11.3 Å². The van der Waals surface area contributed by atoms with Gasteiger partial charge in [-0.2, -0.15) is 0 Å². The zero-order valence-corrected chi connectivity index (χ0v) is 16.1. The molecule has 0 radical (unpaired) electrons. The molecule has 0 bridgehead atoms. The second-order valence-electron chi connectivity index (χ2n) is 6.72. The lowest BCUT2D eigenvalue weighted by Gasteiger charge is -2.17. The molecule has 2 aromatic carbocycles. The van der Waals surface area contributed by atoms with Crippen LogP contribution in [0, 0.1) is 5.82 Å². The molecule has 0 saturated carbocycles. The molecule has 5 heteroatoms. The molecule has 3 nitrogen and oxygen atoms in total. The van der Waals surface area contributed by atoms with Gasteiger partial charge in [0.25, 0.3) is 5.91 Å². The number of carbonyl (C=O) groups is 1. The minimum Gasteiger partial charge on any atom is -0.341 e. The molecule has 1 amide bonds. The van der Waals surface area contributed by atoms with Gasteiger partial charge in [-0.3, -0.25) is 4.79 Å². The van der Waals surface area contributed by atoms with Crippen LogP contribution in [0.4, 0.5) is 4.39 Å². The Balaban J connectivity index is 1.86. The van der Waals surface area contributed by atoms with Crippen molar-refractivity contribution in [1.82, 2.24) is 9.80 Å². The fourth-order valence-electron chi connectivity index (χ4n) is 2.96. The summed E-state index contributed by atoms with van der Waals surface area (Å²) in [6, 6.07) is 14.5. The van der Waals surface area contributed by atoms with Gasteiger partial charge in [0.1, 0.15) is 5.82 Å². The molecule has 3 rings (SSSR count). The SMILES string of the molecule is CN(C)CCCN(C)C(=O)c1cc2c(-c3ccc(F)cc3)cccc2s1. The highest BCUT2D eigenvalue weighted by molar-refractivity contribution is 7.20. The minimum absolute atomic E-state index is 0.0509. The number of thiophene rings is 1. The smallest absolute Gasteiger partial charge is 0.263 e. The summed E-state index contributed by atoms with van der Waals surface area (Å²) >= 11 is 1.51. The first-order chi connectivity index (χ1) is 12.5. The van der Waals surface area contributed by atoms with Crippen LogP contribution in [0.25, 0.3) is 21.2 Å². The molecule has 0 fully saturated rings. The van der Waals surface area contributed by atoms with E-state index < -0.39 is 0 Å². The molecule has 1 aromatic heterocycles. The summed E-state index contributed by atoms with van der Waals surface area (Å²) < 4.78 is 14.3. The molecule has 136 valence electrons. The highest BCUT2D eigenvalue weighted by atomic mass is 32.1. The van der Waals surface area contributed by atoms with Crippen molar-refractivity contribution in [2.75, 3.05) is 34.2 Å². The Bertz CT molecular complexity index is 902. The number of amides is 1. The molecule has 0 N–H and O–H groups in total. The molecule has 1 heterocycles. The largest absolute Gasteiger partial charge is 0.341 e. The van der Waals surface area contributed by atoms with Crippen LogP contribution in [0.2, 0.25) is 0 Å². The van der Waals surface area contributed by atoms with Crippen LogP contribution in [0.3, 0.4) is 0 Å². The number of benzene rings is 2. The number of carbonyl (C=O) groups excluding carboxylic acids is 1. The van der Waals surface area contributed by atoms with Gasteiger partial charge >= 0.3 is 0 Å². The lowest BCUT2D eigenvalue weighted by atomic mass is 10.0. The van der Waals surface area contributed by atoms with Crippen molar-refractivity contribution in [2.45, 2.75) is 6.42 Å². The second kappa shape index (κ2) is 7.98. The first kappa shape index (κ1) is 18.5. The van der Waals surface area contributed by atoms with E-state index in [-0.39, 0.29) is 11.7 Å². The normalized spacial score (nSPS) is 11.3. The maximum Gasteiger partial charge on any atom is 0.263 e. The molecule has 0 unspecified atom stereocenters. The van der Waals surface area contributed by atoms with E-state index in [1.807, 2.05) is 45.4 Å². The van der Waals surface area contributed by atoms with Gasteiger partial charge in [-0.1, -0.05) is 24.3 Å². The summed E-state index contributed by atoms with van der Waals surface area (Å²) in [5, 5.41) is 1.04. The summed E-state index contributed by atoms with van der Waals surface area (Å²) in [6.07, 6.45) is 0.945. The number of hydrogen-bond acceptors (Lipinski definition) is 3. The van der Waals surface area contributed by atoms with E-state index in [2.05, 4.69) is 4.90 Å². The molecule has 3 aromatic rings. The fourth-order valence-corrected chi connectivity index (χ4v) is 4.04. The molecule has 26 heavy (non-hydrogen) atoms. The Morgan fingerprint density at radius 3 is 2.46 bits per heavy atom. The van der Waals surface area contributed by atoms with E-state index in [0.717, 1.165) is 45.6 Å². The quantitative estimate of drug-likeness (QED) is 0.626. The van der Waals surface area contributed by atoms with E-state index in [4.69, 9.17) is 0 Å². The van der Waals surface area contributed by atoms with Crippen LogP contribution in [0.1, 0.15) is 16.1 Å². The molecule has 0 aliphatic carbocycles. The number of rotatable bonds is 6. The third kappa shape index (κ3) is 4.11. The lowest BCUT2D eigenvalue weighted by molar-refractivity contribution is 0.0795. The van der Waals surface area contributed by atoms with Gasteiger partial charge in [0.05, 0.1) is 4.88 Å². The highest BCUT2D eigenvalue weighted by Gasteiger charge is 2.16. The van der Waals surface area contributed by atoms with E-state index in [0.29, 0.717) is 0 Å². The molecule has 0 aliphatic rings. The summed E-state index contributed by atoms with van der Waals surface area (Å²) in [5.41, 5.74) is 1.97. The molecular formula is C21H23FN2OS. The Labute approximate surface area is 157 Å². The van der Waals surface area contributed by atoms with Gasteiger partial charge < -0.3 is 9.80 Å². The molecule has 0 saturated heterocycles. The topological polar surface area (TPSA) is 23.6 Å². The van der Waals surface area contributed by atoms with Gasteiger partial charge in [-0.15, -0.1) is 11.3 Å². The van der Waals surface area contributed by atoms with Crippen LogP contribution in [-0.4, -0.2) is 49.9 Å². The highest BCUT2D eigenvalue weighted by Crippen LogP contribution is 2.34. The first-order valence-electron chi connectivity index (χ1n) is 8.64. The third-order valence-electron chi connectivity index (χ3n) is 4.37. The molecule has 0 aliphatic heterocycles. The fraction of sp³-hybridized carbons (Fsp3) is 0.286. The molecule has 0 spiro atoms. The van der Waals surface area contributed by atoms with Crippen molar-refractivity contribution in [2.24, 2.45) is 0 Å². The zero-order chi connectivity index (χ0) is 18.7. The van der Waals surface area contributed by atoms with Crippen molar-refractivity contribution in [1.29, 1.82) is 0 Å². The predicted octanol–water partition coefficient (Wildman–Crippen LogP) is 4.73. The van der Waals surface area contributed by atoms with Crippen molar-refractivity contribution in [3.05, 3.63) is 59.2 Å². The van der Waals surface area contributed by atoms with Gasteiger partial charge in [0.2, 0.25) is 0 Å². The number of fused-ring (bicyclic) bond motifs is 1. The average Bonchev–Trinajstić information content (AvgIpc) is 3.05. The van der Waals surface area contributed by atoms with Gasteiger partial charge in [0.15, 0.2) is 0 Å². The van der Waals surface area contributed by atoms with Crippen LogP contribution in [-0.2, 0) is 0 Å². The van der Waals surface area contributed by atoms with E-state index in [1.54, 1.807) is 17.0 Å². The predicted molar refractivity (Wildman–Crippen MR) is 107 cm³/mol. The zero-order valence-electron chi connectivity index (χ0n) is 15.3. The summed E-state index contributed by atoms with van der Waals surface area (Å²) in [5.74, 6) is -0.198. The number of halogens is 1. The molecule has 0 atom stereocenters. The van der Waals surface area contributed by atoms with Gasteiger partial charge in [0, 0.05) is 23.7 Å². The second-order valence-corrected chi connectivity index (χ2v) is 7.80. The Morgan fingerprint density at radius 1 is 1.04 bits per heavy atom. The Kier molecular flexibility index (Phi) is 5.69. The summed E-state index contributed by atoms with van der Waals surface area (Å²) in [7, 11) is 5.92. The minimum atomic E-state index is -0.249. The monoisotopic (exact) mass is 370 g/mol. The number of hydrogen-bond donors (Lipinski definition) is 0. The van der Waals surface area contributed by atoms with Crippen LogP contribution in [0.5, 0.6) is 0 Å². The third-order valence-corrected chi connectivity index (χ3v) is 5.46. The maximum atomic E-state index is 13.2. The number of nitrogens with zero attached hydrogens (tertiary/aromatic N) is 2. The first-order valence-corrected chi connectivity index (χ1v) is 9.46.